The molecule has 1 aromatic rings. The molecule has 0 aromatic heterocycles. The van der Waals surface area contributed by atoms with Crippen molar-refractivity contribution in [2.75, 3.05) is 24.5 Å². The van der Waals surface area contributed by atoms with Crippen LogP contribution in [0.4, 0.5) is 14.5 Å². The molecule has 2 atom stereocenters. The number of amides is 2. The highest BCUT2D eigenvalue weighted by molar-refractivity contribution is 6.00. The van der Waals surface area contributed by atoms with Crippen molar-refractivity contribution >= 4 is 17.5 Å². The van der Waals surface area contributed by atoms with E-state index < -0.39 is 17.6 Å². The molecular formula is C16H19F2N3O2. The summed E-state index contributed by atoms with van der Waals surface area (Å²) in [5, 5.41) is 6.15. The summed E-state index contributed by atoms with van der Waals surface area (Å²) >= 11 is 0. The predicted molar refractivity (Wildman–Crippen MR) is 80.9 cm³/mol. The second kappa shape index (κ2) is 6.62. The third-order valence-electron chi connectivity index (χ3n) is 4.34. The second-order valence-corrected chi connectivity index (χ2v) is 6.05. The van der Waals surface area contributed by atoms with Gasteiger partial charge in [-0.15, -0.1) is 0 Å². The summed E-state index contributed by atoms with van der Waals surface area (Å²) in [7, 11) is 0. The predicted octanol–water partition coefficient (Wildman–Crippen LogP) is 1.19. The number of hydrogen-bond acceptors (Lipinski definition) is 3. The lowest BCUT2D eigenvalue weighted by atomic mass is 10.0. The van der Waals surface area contributed by atoms with Crippen LogP contribution in [0.1, 0.15) is 19.3 Å². The molecule has 23 heavy (non-hydrogen) atoms. The lowest BCUT2D eigenvalue weighted by Crippen LogP contribution is -2.47. The molecule has 0 spiro atoms. The zero-order valence-corrected chi connectivity index (χ0v) is 12.6. The van der Waals surface area contributed by atoms with E-state index in [9.17, 15) is 18.4 Å². The summed E-state index contributed by atoms with van der Waals surface area (Å²) in [6.07, 6.45) is 1.96. The van der Waals surface area contributed by atoms with Gasteiger partial charge in [0.25, 0.3) is 0 Å². The van der Waals surface area contributed by atoms with E-state index in [0.29, 0.717) is 0 Å². The maximum Gasteiger partial charge on any atom is 0.227 e. The van der Waals surface area contributed by atoms with E-state index in [0.717, 1.165) is 38.1 Å². The number of carbonyl (C=O) groups is 2. The zero-order chi connectivity index (χ0) is 16.4. The molecule has 2 saturated heterocycles. The Morgan fingerprint density at radius 3 is 2.87 bits per heavy atom. The van der Waals surface area contributed by atoms with E-state index in [1.165, 1.54) is 11.0 Å². The highest BCUT2D eigenvalue weighted by Gasteiger charge is 2.36. The van der Waals surface area contributed by atoms with E-state index >= 15 is 0 Å². The average Bonchev–Trinajstić information content (AvgIpc) is 2.90. The molecule has 2 aliphatic rings. The molecule has 2 heterocycles. The minimum absolute atomic E-state index is 0.0195. The second-order valence-electron chi connectivity index (χ2n) is 6.05. The Kier molecular flexibility index (Phi) is 4.56. The van der Waals surface area contributed by atoms with Crippen LogP contribution >= 0.6 is 0 Å². The molecule has 1 aromatic carbocycles. The Bertz CT molecular complexity index is 617. The maximum atomic E-state index is 13.8. The van der Waals surface area contributed by atoms with Gasteiger partial charge < -0.3 is 15.5 Å². The highest BCUT2D eigenvalue weighted by Crippen LogP contribution is 2.28. The zero-order valence-electron chi connectivity index (χ0n) is 12.6. The molecule has 5 nitrogen and oxygen atoms in total. The van der Waals surface area contributed by atoms with Crippen LogP contribution in [0.25, 0.3) is 0 Å². The van der Waals surface area contributed by atoms with Crippen molar-refractivity contribution < 1.29 is 18.4 Å². The fourth-order valence-corrected chi connectivity index (χ4v) is 3.11. The lowest BCUT2D eigenvalue weighted by molar-refractivity contribution is -0.127. The Balaban J connectivity index is 1.65. The highest BCUT2D eigenvalue weighted by atomic mass is 19.1. The fourth-order valence-electron chi connectivity index (χ4n) is 3.11. The largest absolute Gasteiger partial charge is 0.352 e. The number of anilines is 1. The summed E-state index contributed by atoms with van der Waals surface area (Å²) < 4.78 is 26.8. The molecule has 2 amide bonds. The van der Waals surface area contributed by atoms with Crippen molar-refractivity contribution in [1.29, 1.82) is 0 Å². The van der Waals surface area contributed by atoms with E-state index in [2.05, 4.69) is 10.6 Å². The Morgan fingerprint density at radius 1 is 1.35 bits per heavy atom. The number of halogens is 2. The first kappa shape index (κ1) is 15.9. The van der Waals surface area contributed by atoms with E-state index in [-0.39, 0.29) is 36.5 Å². The monoisotopic (exact) mass is 323 g/mol. The van der Waals surface area contributed by atoms with Crippen LogP contribution in [-0.4, -0.2) is 37.5 Å². The van der Waals surface area contributed by atoms with Crippen LogP contribution < -0.4 is 15.5 Å². The molecule has 1 unspecified atom stereocenters. The molecule has 0 aliphatic carbocycles. The van der Waals surface area contributed by atoms with Gasteiger partial charge in [0.1, 0.15) is 11.6 Å². The molecule has 2 N–H and O–H groups in total. The molecule has 2 aliphatic heterocycles. The van der Waals surface area contributed by atoms with Gasteiger partial charge in [-0.05, 0) is 31.5 Å². The van der Waals surface area contributed by atoms with Gasteiger partial charge in [0, 0.05) is 31.6 Å². The van der Waals surface area contributed by atoms with Gasteiger partial charge in [-0.1, -0.05) is 0 Å². The number of nitrogens with zero attached hydrogens (tertiary/aromatic N) is 1. The summed E-state index contributed by atoms with van der Waals surface area (Å²) in [6.45, 7) is 1.79. The van der Waals surface area contributed by atoms with Crippen molar-refractivity contribution in [1.82, 2.24) is 10.6 Å². The molecule has 2 fully saturated rings. The molecular weight excluding hydrogens is 304 g/mol. The van der Waals surface area contributed by atoms with Crippen LogP contribution in [0.2, 0.25) is 0 Å². The number of rotatable bonds is 3. The third kappa shape index (κ3) is 3.50. The van der Waals surface area contributed by atoms with E-state index in [1.807, 2.05) is 0 Å². The molecule has 7 heteroatoms. The van der Waals surface area contributed by atoms with Gasteiger partial charge in [0.05, 0.1) is 11.6 Å². The van der Waals surface area contributed by atoms with Crippen LogP contribution in [0, 0.1) is 17.6 Å². The third-order valence-corrected chi connectivity index (χ3v) is 4.34. The van der Waals surface area contributed by atoms with Gasteiger partial charge in [0.2, 0.25) is 11.8 Å². The number of nitrogens with one attached hydrogen (secondary N) is 2. The van der Waals surface area contributed by atoms with Crippen LogP contribution in [0.15, 0.2) is 18.2 Å². The minimum atomic E-state index is -0.795. The van der Waals surface area contributed by atoms with Gasteiger partial charge in [-0.3, -0.25) is 9.59 Å². The molecule has 0 radical (unpaired) electrons. The quantitative estimate of drug-likeness (QED) is 0.878. The Morgan fingerprint density at radius 2 is 2.17 bits per heavy atom. The van der Waals surface area contributed by atoms with Gasteiger partial charge in [-0.2, -0.15) is 0 Å². The summed E-state index contributed by atoms with van der Waals surface area (Å²) in [6, 6.07) is 3.15. The first-order valence-electron chi connectivity index (χ1n) is 7.81. The SMILES string of the molecule is O=C(N[C@H]1CCCNC1)C1CC(=O)N(c2ccc(F)cc2F)C1. The lowest BCUT2D eigenvalue weighted by Gasteiger charge is -2.25. The standard InChI is InChI=1S/C16H19F2N3O2/c17-11-3-4-14(13(18)7-11)21-9-10(6-15(21)22)16(23)20-12-2-1-5-19-8-12/h3-4,7,10,12,19H,1-2,5-6,8-9H2,(H,20,23)/t10?,12-/m0/s1. The van der Waals surface area contributed by atoms with Crippen molar-refractivity contribution in [2.24, 2.45) is 5.92 Å². The van der Waals surface area contributed by atoms with Gasteiger partial charge >= 0.3 is 0 Å². The van der Waals surface area contributed by atoms with Crippen LogP contribution in [0.3, 0.4) is 0 Å². The summed E-state index contributed by atoms with van der Waals surface area (Å²) in [5.74, 6) is -2.50. The Labute approximate surface area is 133 Å². The summed E-state index contributed by atoms with van der Waals surface area (Å²) in [5.41, 5.74) is 0.0195. The van der Waals surface area contributed by atoms with Crippen LogP contribution in [0.5, 0.6) is 0 Å². The smallest absolute Gasteiger partial charge is 0.227 e. The van der Waals surface area contributed by atoms with Crippen LogP contribution in [-0.2, 0) is 9.59 Å². The number of carbonyl (C=O) groups excluding carboxylic acids is 2. The topological polar surface area (TPSA) is 61.4 Å². The molecule has 0 saturated carbocycles. The Hall–Kier alpha value is -2.02. The number of benzene rings is 1. The maximum absolute atomic E-state index is 13.8. The first-order valence-corrected chi connectivity index (χ1v) is 7.81. The molecule has 3 rings (SSSR count). The van der Waals surface area contributed by atoms with E-state index in [4.69, 9.17) is 0 Å². The number of piperidine rings is 1. The van der Waals surface area contributed by atoms with Gasteiger partial charge in [0.15, 0.2) is 0 Å². The van der Waals surface area contributed by atoms with Gasteiger partial charge in [-0.25, -0.2) is 8.78 Å². The minimum Gasteiger partial charge on any atom is -0.352 e. The van der Waals surface area contributed by atoms with Crippen molar-refractivity contribution in [2.45, 2.75) is 25.3 Å². The van der Waals surface area contributed by atoms with E-state index in [1.54, 1.807) is 0 Å². The average molecular weight is 323 g/mol. The molecule has 0 bridgehead atoms. The summed E-state index contributed by atoms with van der Waals surface area (Å²) in [4.78, 5) is 25.6. The normalized spacial score (nSPS) is 24.8. The van der Waals surface area contributed by atoms with Crippen molar-refractivity contribution in [3.05, 3.63) is 29.8 Å². The first-order chi connectivity index (χ1) is 11.0. The number of hydrogen-bond donors (Lipinski definition) is 2. The molecule has 124 valence electrons. The fraction of sp³-hybridized carbons (Fsp3) is 0.500. The van der Waals surface area contributed by atoms with Crippen molar-refractivity contribution in [3.63, 3.8) is 0 Å². The van der Waals surface area contributed by atoms with Crippen molar-refractivity contribution in [3.8, 4) is 0 Å².